The zero-order valence-electron chi connectivity index (χ0n) is 19.9. The fourth-order valence-electron chi connectivity index (χ4n) is 3.70. The van der Waals surface area contributed by atoms with Crippen molar-refractivity contribution in [3.63, 3.8) is 0 Å². The molecule has 0 bridgehead atoms. The van der Waals surface area contributed by atoms with Gasteiger partial charge < -0.3 is 19.2 Å². The highest BCUT2D eigenvalue weighted by molar-refractivity contribution is 6.74. The van der Waals surface area contributed by atoms with Crippen molar-refractivity contribution in [3.8, 4) is 5.75 Å². The summed E-state index contributed by atoms with van der Waals surface area (Å²) in [5.41, 5.74) is 2.23. The Bertz CT molecular complexity index is 919. The third kappa shape index (κ3) is 5.67. The van der Waals surface area contributed by atoms with Crippen LogP contribution in [-0.2, 0) is 26.9 Å². The summed E-state index contributed by atoms with van der Waals surface area (Å²) < 4.78 is 20.6. The van der Waals surface area contributed by atoms with Crippen LogP contribution in [0.3, 0.4) is 0 Å². The van der Waals surface area contributed by atoms with Crippen LogP contribution in [0.5, 0.6) is 5.75 Å². The van der Waals surface area contributed by atoms with Gasteiger partial charge in [0.15, 0.2) is 8.32 Å². The maximum absolute atomic E-state index is 11.0. The number of nitrogens with one attached hydrogen (secondary N) is 1. The lowest BCUT2D eigenvalue weighted by Crippen LogP contribution is -2.44. The molecular formula is C23H37N3O4Si. The third-order valence-electron chi connectivity index (χ3n) is 6.28. The Morgan fingerprint density at radius 2 is 2.13 bits per heavy atom. The summed E-state index contributed by atoms with van der Waals surface area (Å²) in [6, 6.07) is 4.09. The first-order chi connectivity index (χ1) is 14.5. The van der Waals surface area contributed by atoms with Gasteiger partial charge in [0, 0.05) is 30.8 Å². The molecule has 0 fully saturated rings. The standard InChI is InChI=1S/C23H37N3O4Si/c1-16(30-31(6,7)23(3,4)5)14-26-22-18(13-25-26)8-9-21-20(22)12-19(15-29-21)28-11-10-24-17(2)27/h8-9,13,16,19H,10-12,14-15H2,1-7H3,(H,24,27). The number of amides is 1. The van der Waals surface area contributed by atoms with Crippen LogP contribution in [-0.4, -0.2) is 56.0 Å². The molecule has 1 aromatic heterocycles. The van der Waals surface area contributed by atoms with E-state index in [4.69, 9.17) is 13.9 Å². The molecule has 0 aliphatic carbocycles. The number of nitrogens with zero attached hydrogens (tertiary/aromatic N) is 2. The zero-order valence-corrected chi connectivity index (χ0v) is 20.9. The van der Waals surface area contributed by atoms with Gasteiger partial charge in [0.1, 0.15) is 12.4 Å². The Kier molecular flexibility index (Phi) is 7.13. The molecule has 2 atom stereocenters. The van der Waals surface area contributed by atoms with E-state index < -0.39 is 8.32 Å². The molecule has 0 saturated carbocycles. The quantitative estimate of drug-likeness (QED) is 0.491. The summed E-state index contributed by atoms with van der Waals surface area (Å²) in [7, 11) is -1.85. The van der Waals surface area contributed by atoms with Crippen molar-refractivity contribution in [3.05, 3.63) is 23.9 Å². The summed E-state index contributed by atoms with van der Waals surface area (Å²) >= 11 is 0. The fourth-order valence-corrected chi connectivity index (χ4v) is 5.13. The first kappa shape index (κ1) is 23.8. The topological polar surface area (TPSA) is 74.6 Å². The van der Waals surface area contributed by atoms with Crippen molar-refractivity contribution in [2.45, 2.75) is 77.9 Å². The number of ether oxygens (including phenoxy) is 2. The molecule has 0 spiro atoms. The molecule has 1 aliphatic rings. The molecule has 172 valence electrons. The number of aromatic nitrogens is 2. The van der Waals surface area contributed by atoms with Crippen molar-refractivity contribution in [1.82, 2.24) is 15.1 Å². The van der Waals surface area contributed by atoms with Gasteiger partial charge in [-0.15, -0.1) is 0 Å². The van der Waals surface area contributed by atoms with Crippen molar-refractivity contribution >= 4 is 25.1 Å². The Morgan fingerprint density at radius 1 is 1.39 bits per heavy atom. The molecule has 31 heavy (non-hydrogen) atoms. The third-order valence-corrected chi connectivity index (χ3v) is 10.9. The average molecular weight is 448 g/mol. The van der Waals surface area contributed by atoms with Crippen LogP contribution in [0.1, 0.15) is 40.2 Å². The predicted octanol–water partition coefficient (Wildman–Crippen LogP) is 3.90. The molecule has 0 radical (unpaired) electrons. The van der Waals surface area contributed by atoms with Crippen LogP contribution >= 0.6 is 0 Å². The number of benzene rings is 1. The second kappa shape index (κ2) is 9.30. The lowest BCUT2D eigenvalue weighted by atomic mass is 10.0. The van der Waals surface area contributed by atoms with Crippen molar-refractivity contribution in [1.29, 1.82) is 0 Å². The smallest absolute Gasteiger partial charge is 0.216 e. The first-order valence-electron chi connectivity index (χ1n) is 11.1. The highest BCUT2D eigenvalue weighted by atomic mass is 28.4. The van der Waals surface area contributed by atoms with Crippen LogP contribution in [0.25, 0.3) is 10.9 Å². The molecule has 2 aromatic rings. The Balaban J connectivity index is 1.74. The van der Waals surface area contributed by atoms with E-state index in [2.05, 4.69) is 62.0 Å². The number of hydrogen-bond donors (Lipinski definition) is 1. The van der Waals surface area contributed by atoms with Gasteiger partial charge in [0.25, 0.3) is 0 Å². The van der Waals surface area contributed by atoms with E-state index in [9.17, 15) is 4.79 Å². The van der Waals surface area contributed by atoms with Crippen LogP contribution in [0.4, 0.5) is 0 Å². The number of fused-ring (bicyclic) bond motifs is 3. The lowest BCUT2D eigenvalue weighted by Gasteiger charge is -2.38. The number of hydrogen-bond acceptors (Lipinski definition) is 5. The largest absolute Gasteiger partial charge is 0.491 e. The molecule has 2 unspecified atom stereocenters. The SMILES string of the molecule is CC(=O)NCCOC1COc2ccc3cnn(CC(C)O[Si](C)(C)C(C)(C)C)c3c2C1. The Labute approximate surface area is 186 Å². The predicted molar refractivity (Wildman–Crippen MR) is 125 cm³/mol. The monoisotopic (exact) mass is 447 g/mol. The van der Waals surface area contributed by atoms with E-state index in [1.165, 1.54) is 6.92 Å². The average Bonchev–Trinajstić information content (AvgIpc) is 3.06. The zero-order chi connectivity index (χ0) is 22.8. The van der Waals surface area contributed by atoms with Crippen LogP contribution in [0, 0.1) is 0 Å². The second-order valence-corrected chi connectivity index (χ2v) is 14.7. The van der Waals surface area contributed by atoms with Crippen LogP contribution in [0.15, 0.2) is 18.3 Å². The highest BCUT2D eigenvalue weighted by Crippen LogP contribution is 2.38. The molecule has 2 heterocycles. The molecule has 1 amide bonds. The van der Waals surface area contributed by atoms with Gasteiger partial charge in [-0.2, -0.15) is 5.10 Å². The molecule has 1 aliphatic heterocycles. The van der Waals surface area contributed by atoms with Crippen LogP contribution < -0.4 is 10.1 Å². The second-order valence-electron chi connectivity index (χ2n) is 9.99. The van der Waals surface area contributed by atoms with Crippen LogP contribution in [0.2, 0.25) is 18.1 Å². The molecule has 7 nitrogen and oxygen atoms in total. The first-order valence-corrected chi connectivity index (χ1v) is 14.0. The van der Waals surface area contributed by atoms with Gasteiger partial charge >= 0.3 is 0 Å². The molecule has 3 rings (SSSR count). The van der Waals surface area contributed by atoms with Gasteiger partial charge in [-0.25, -0.2) is 0 Å². The van der Waals surface area contributed by atoms with Gasteiger partial charge in [-0.1, -0.05) is 20.8 Å². The Hall–Kier alpha value is -1.90. The van der Waals surface area contributed by atoms with E-state index in [1.54, 1.807) is 0 Å². The van der Waals surface area contributed by atoms with Gasteiger partial charge in [-0.05, 0) is 37.2 Å². The Morgan fingerprint density at radius 3 is 2.81 bits per heavy atom. The van der Waals surface area contributed by atoms with E-state index in [0.29, 0.717) is 26.3 Å². The van der Waals surface area contributed by atoms with Crippen molar-refractivity contribution in [2.75, 3.05) is 19.8 Å². The number of carbonyl (C=O) groups is 1. The molecule has 8 heteroatoms. The summed E-state index contributed by atoms with van der Waals surface area (Å²) in [6.45, 7) is 17.2. The minimum Gasteiger partial charge on any atom is -0.491 e. The molecule has 0 saturated heterocycles. The number of carbonyl (C=O) groups excluding carboxylic acids is 1. The fraction of sp³-hybridized carbons (Fsp3) is 0.652. The van der Waals surface area contributed by atoms with Gasteiger partial charge in [-0.3, -0.25) is 9.48 Å². The maximum Gasteiger partial charge on any atom is 0.216 e. The normalized spacial score (nSPS) is 17.8. The molecular weight excluding hydrogens is 410 g/mol. The summed E-state index contributed by atoms with van der Waals surface area (Å²) in [5, 5.41) is 8.69. The van der Waals surface area contributed by atoms with E-state index in [0.717, 1.165) is 28.6 Å². The van der Waals surface area contributed by atoms with Crippen molar-refractivity contribution in [2.24, 2.45) is 0 Å². The summed E-state index contributed by atoms with van der Waals surface area (Å²) in [6.07, 6.45) is 2.69. The van der Waals surface area contributed by atoms with Gasteiger partial charge in [0.05, 0.1) is 37.1 Å². The molecule has 1 N–H and O–H groups in total. The molecule has 1 aromatic carbocycles. The summed E-state index contributed by atoms with van der Waals surface area (Å²) in [4.78, 5) is 11.0. The van der Waals surface area contributed by atoms with E-state index in [-0.39, 0.29) is 23.2 Å². The number of rotatable bonds is 8. The highest BCUT2D eigenvalue weighted by Gasteiger charge is 2.38. The van der Waals surface area contributed by atoms with E-state index >= 15 is 0 Å². The van der Waals surface area contributed by atoms with Gasteiger partial charge in [0.2, 0.25) is 5.91 Å². The lowest BCUT2D eigenvalue weighted by molar-refractivity contribution is -0.119. The minimum absolute atomic E-state index is 0.0453. The summed E-state index contributed by atoms with van der Waals surface area (Å²) in [5.74, 6) is 0.849. The maximum atomic E-state index is 11.0. The van der Waals surface area contributed by atoms with Crippen molar-refractivity contribution < 1.29 is 18.7 Å². The van der Waals surface area contributed by atoms with E-state index in [1.807, 2.05) is 12.3 Å². The minimum atomic E-state index is -1.85.